The van der Waals surface area contributed by atoms with Gasteiger partial charge in [0.25, 0.3) is 5.91 Å². The molecule has 3 rings (SSSR count). The molecule has 0 aliphatic carbocycles. The van der Waals surface area contributed by atoms with Gasteiger partial charge in [-0.05, 0) is 24.3 Å². The molecule has 1 atom stereocenters. The molecule has 1 heterocycles. The second kappa shape index (κ2) is 7.49. The van der Waals surface area contributed by atoms with E-state index in [1.165, 1.54) is 0 Å². The first kappa shape index (κ1) is 17.2. The van der Waals surface area contributed by atoms with Crippen molar-refractivity contribution in [2.24, 2.45) is 0 Å². The Bertz CT molecular complexity index is 753. The normalized spacial score (nSPS) is 17.0. The van der Waals surface area contributed by atoms with Crippen LogP contribution in [0.2, 0.25) is 0 Å². The number of para-hydroxylation sites is 1. The highest BCUT2D eigenvalue weighted by Gasteiger charge is 2.33. The topological polar surface area (TPSA) is 38.8 Å². The lowest BCUT2D eigenvalue weighted by molar-refractivity contribution is 0.0759. The van der Waals surface area contributed by atoms with Crippen molar-refractivity contribution >= 4 is 33.6 Å². The number of rotatable bonds is 4. The molecule has 4 nitrogen and oxygen atoms in total. The highest BCUT2D eigenvalue weighted by atomic mass is 79.9. The summed E-state index contributed by atoms with van der Waals surface area (Å²) in [6.07, 6.45) is 0. The molecule has 24 heavy (non-hydrogen) atoms. The SMILES string of the molecule is COc1cccc(C2SCCN2C(=O)c2cccc(Br)c2)c1OC. The average molecular weight is 408 g/mol. The van der Waals surface area contributed by atoms with Crippen LogP contribution in [0.1, 0.15) is 21.3 Å². The van der Waals surface area contributed by atoms with E-state index in [1.807, 2.05) is 47.4 Å². The number of carbonyl (C=O) groups excluding carboxylic acids is 1. The molecule has 1 aliphatic rings. The first-order valence-corrected chi connectivity index (χ1v) is 9.39. The van der Waals surface area contributed by atoms with Crippen LogP contribution in [0.5, 0.6) is 11.5 Å². The van der Waals surface area contributed by atoms with Crippen molar-refractivity contribution < 1.29 is 14.3 Å². The van der Waals surface area contributed by atoms with Gasteiger partial charge in [0, 0.05) is 27.9 Å². The summed E-state index contributed by atoms with van der Waals surface area (Å²) in [6, 6.07) is 13.3. The number of nitrogens with zero attached hydrogens (tertiary/aromatic N) is 1. The van der Waals surface area contributed by atoms with Crippen LogP contribution in [0, 0.1) is 0 Å². The second-order valence-corrected chi connectivity index (χ2v) is 7.42. The summed E-state index contributed by atoms with van der Waals surface area (Å²) in [6.45, 7) is 0.709. The summed E-state index contributed by atoms with van der Waals surface area (Å²) in [7, 11) is 3.25. The number of hydrogen-bond acceptors (Lipinski definition) is 4. The summed E-state index contributed by atoms with van der Waals surface area (Å²) in [5.74, 6) is 2.28. The molecular weight excluding hydrogens is 390 g/mol. The van der Waals surface area contributed by atoms with Crippen LogP contribution in [0.3, 0.4) is 0 Å². The number of amides is 1. The first-order chi connectivity index (χ1) is 11.7. The number of halogens is 1. The minimum atomic E-state index is -0.0819. The summed E-state index contributed by atoms with van der Waals surface area (Å²) >= 11 is 5.17. The molecule has 1 unspecified atom stereocenters. The Balaban J connectivity index is 1.95. The van der Waals surface area contributed by atoms with E-state index in [1.54, 1.807) is 26.0 Å². The Labute approximate surface area is 154 Å². The van der Waals surface area contributed by atoms with Gasteiger partial charge < -0.3 is 14.4 Å². The average Bonchev–Trinajstić information content (AvgIpc) is 3.09. The van der Waals surface area contributed by atoms with Gasteiger partial charge >= 0.3 is 0 Å². The smallest absolute Gasteiger partial charge is 0.255 e. The quantitative estimate of drug-likeness (QED) is 0.754. The van der Waals surface area contributed by atoms with Crippen LogP contribution < -0.4 is 9.47 Å². The molecular formula is C18H18BrNO3S. The van der Waals surface area contributed by atoms with Crippen molar-refractivity contribution in [3.8, 4) is 11.5 Å². The molecule has 1 saturated heterocycles. The van der Waals surface area contributed by atoms with E-state index in [-0.39, 0.29) is 11.3 Å². The standard InChI is InChI=1S/C18H18BrNO3S/c1-22-15-8-4-7-14(16(15)23-2)18-20(9-10-24-18)17(21)12-5-3-6-13(19)11-12/h3-8,11,18H,9-10H2,1-2H3. The Kier molecular flexibility index (Phi) is 5.36. The maximum absolute atomic E-state index is 13.0. The zero-order valence-corrected chi connectivity index (χ0v) is 15.9. The summed E-state index contributed by atoms with van der Waals surface area (Å²) < 4.78 is 11.8. The van der Waals surface area contributed by atoms with Crippen molar-refractivity contribution in [1.29, 1.82) is 0 Å². The lowest BCUT2D eigenvalue weighted by Crippen LogP contribution is -2.30. The number of thioether (sulfide) groups is 1. The summed E-state index contributed by atoms with van der Waals surface area (Å²) in [5.41, 5.74) is 1.64. The van der Waals surface area contributed by atoms with Gasteiger partial charge in [0.1, 0.15) is 5.37 Å². The van der Waals surface area contributed by atoms with Crippen molar-refractivity contribution in [2.75, 3.05) is 26.5 Å². The molecule has 126 valence electrons. The van der Waals surface area contributed by atoms with Gasteiger partial charge in [-0.25, -0.2) is 0 Å². The van der Waals surface area contributed by atoms with Gasteiger partial charge in [-0.15, -0.1) is 11.8 Å². The van der Waals surface area contributed by atoms with E-state index in [2.05, 4.69) is 15.9 Å². The van der Waals surface area contributed by atoms with Crippen LogP contribution in [-0.2, 0) is 0 Å². The molecule has 0 bridgehead atoms. The van der Waals surface area contributed by atoms with Gasteiger partial charge in [-0.3, -0.25) is 4.79 Å². The lowest BCUT2D eigenvalue weighted by Gasteiger charge is -2.26. The van der Waals surface area contributed by atoms with Crippen LogP contribution in [0.25, 0.3) is 0 Å². The summed E-state index contributed by atoms with van der Waals surface area (Å²) in [4.78, 5) is 14.8. The number of benzene rings is 2. The van der Waals surface area contributed by atoms with Crippen LogP contribution >= 0.6 is 27.7 Å². The fourth-order valence-electron chi connectivity index (χ4n) is 2.83. The zero-order chi connectivity index (χ0) is 17.1. The van der Waals surface area contributed by atoms with E-state index >= 15 is 0 Å². The third-order valence-electron chi connectivity index (χ3n) is 3.92. The minimum absolute atomic E-state index is 0.0242. The number of ether oxygens (including phenoxy) is 2. The van der Waals surface area contributed by atoms with Crippen molar-refractivity contribution in [2.45, 2.75) is 5.37 Å². The number of hydrogen-bond donors (Lipinski definition) is 0. The molecule has 0 radical (unpaired) electrons. The molecule has 0 spiro atoms. The van der Waals surface area contributed by atoms with Gasteiger partial charge in [0.15, 0.2) is 11.5 Å². The van der Waals surface area contributed by atoms with E-state index in [4.69, 9.17) is 9.47 Å². The molecule has 0 saturated carbocycles. The van der Waals surface area contributed by atoms with Crippen molar-refractivity contribution in [3.05, 3.63) is 58.1 Å². The third kappa shape index (κ3) is 3.26. The van der Waals surface area contributed by atoms with Gasteiger partial charge in [-0.1, -0.05) is 34.1 Å². The molecule has 1 aliphatic heterocycles. The fraction of sp³-hybridized carbons (Fsp3) is 0.278. The number of carbonyl (C=O) groups is 1. The Morgan fingerprint density at radius 3 is 2.71 bits per heavy atom. The first-order valence-electron chi connectivity index (χ1n) is 7.54. The van der Waals surface area contributed by atoms with Crippen molar-refractivity contribution in [3.63, 3.8) is 0 Å². The van der Waals surface area contributed by atoms with E-state index in [0.717, 1.165) is 15.8 Å². The Morgan fingerprint density at radius 1 is 1.21 bits per heavy atom. The van der Waals surface area contributed by atoms with Crippen LogP contribution in [-0.4, -0.2) is 37.3 Å². The predicted octanol–water partition coefficient (Wildman–Crippen LogP) is 4.35. The molecule has 0 N–H and O–H groups in total. The molecule has 6 heteroatoms. The zero-order valence-electron chi connectivity index (χ0n) is 13.5. The molecule has 1 fully saturated rings. The lowest BCUT2D eigenvalue weighted by atomic mass is 10.1. The van der Waals surface area contributed by atoms with Crippen molar-refractivity contribution in [1.82, 2.24) is 4.90 Å². The fourth-order valence-corrected chi connectivity index (χ4v) is 4.50. The van der Waals surface area contributed by atoms with Crippen LogP contribution in [0.15, 0.2) is 46.9 Å². The molecule has 2 aromatic carbocycles. The second-order valence-electron chi connectivity index (χ2n) is 5.31. The Morgan fingerprint density at radius 2 is 2.00 bits per heavy atom. The predicted molar refractivity (Wildman–Crippen MR) is 99.9 cm³/mol. The molecule has 1 amide bonds. The van der Waals surface area contributed by atoms with Gasteiger partial charge in [0.2, 0.25) is 0 Å². The molecule has 2 aromatic rings. The van der Waals surface area contributed by atoms with Gasteiger partial charge in [0.05, 0.1) is 14.2 Å². The number of methoxy groups -OCH3 is 2. The minimum Gasteiger partial charge on any atom is -0.493 e. The molecule has 0 aromatic heterocycles. The monoisotopic (exact) mass is 407 g/mol. The Hall–Kier alpha value is -1.66. The maximum Gasteiger partial charge on any atom is 0.255 e. The van der Waals surface area contributed by atoms with Gasteiger partial charge in [-0.2, -0.15) is 0 Å². The van der Waals surface area contributed by atoms with E-state index in [9.17, 15) is 4.79 Å². The van der Waals surface area contributed by atoms with E-state index in [0.29, 0.717) is 23.6 Å². The maximum atomic E-state index is 13.0. The highest BCUT2D eigenvalue weighted by Crippen LogP contribution is 2.45. The van der Waals surface area contributed by atoms with E-state index < -0.39 is 0 Å². The summed E-state index contributed by atoms with van der Waals surface area (Å²) in [5, 5.41) is -0.0819. The highest BCUT2D eigenvalue weighted by molar-refractivity contribution is 9.10. The van der Waals surface area contributed by atoms with Crippen LogP contribution in [0.4, 0.5) is 0 Å². The largest absolute Gasteiger partial charge is 0.493 e. The third-order valence-corrected chi connectivity index (χ3v) is 5.66.